The zero-order chi connectivity index (χ0) is 25.8. The molecule has 1 aromatic carbocycles. The van der Waals surface area contributed by atoms with Crippen LogP contribution in [0.1, 0.15) is 25.3 Å². The molecular weight excluding hydrogens is 466 g/mol. The average molecular weight is 498 g/mol. The Labute approximate surface area is 202 Å². The van der Waals surface area contributed by atoms with Crippen molar-refractivity contribution in [1.29, 1.82) is 0 Å². The van der Waals surface area contributed by atoms with Crippen molar-refractivity contribution in [2.75, 3.05) is 5.75 Å². The minimum atomic E-state index is -1.47. The second-order valence-corrected chi connectivity index (χ2v) is 8.04. The molecule has 1 aromatic rings. The number of aliphatic hydroxyl groups excluding tert-OH is 1. The minimum Gasteiger partial charge on any atom is -0.480 e. The van der Waals surface area contributed by atoms with E-state index in [9.17, 15) is 34.2 Å². The van der Waals surface area contributed by atoms with Crippen LogP contribution in [0.4, 0.5) is 0 Å². The molecule has 4 amide bonds. The SMILES string of the molecule is CC(O)C(NC(=O)C(N)CCC(N)=O)C(=O)NC(CS)C(=O)NC(Cc1ccccc1)C(=O)O. The second-order valence-electron chi connectivity index (χ2n) is 7.67. The van der Waals surface area contributed by atoms with Gasteiger partial charge in [-0.25, -0.2) is 4.79 Å². The van der Waals surface area contributed by atoms with Crippen LogP contribution in [0.3, 0.4) is 0 Å². The summed E-state index contributed by atoms with van der Waals surface area (Å²) in [5, 5.41) is 26.4. The Balaban J connectivity index is 2.81. The van der Waals surface area contributed by atoms with Gasteiger partial charge in [0.15, 0.2) is 0 Å². The number of hydrogen-bond donors (Lipinski definition) is 8. The Morgan fingerprint density at radius 3 is 2.06 bits per heavy atom. The molecule has 0 aromatic heterocycles. The van der Waals surface area contributed by atoms with Crippen molar-refractivity contribution in [3.63, 3.8) is 0 Å². The van der Waals surface area contributed by atoms with E-state index < -0.39 is 59.9 Å². The Morgan fingerprint density at radius 1 is 0.971 bits per heavy atom. The second kappa shape index (κ2) is 14.2. The smallest absolute Gasteiger partial charge is 0.326 e. The maximum Gasteiger partial charge on any atom is 0.326 e. The van der Waals surface area contributed by atoms with E-state index in [1.165, 1.54) is 6.92 Å². The number of hydrogen-bond acceptors (Lipinski definition) is 8. The topological polar surface area (TPSA) is 214 Å². The molecule has 13 heteroatoms. The number of aliphatic hydroxyl groups is 1. The number of thiol groups is 1. The van der Waals surface area contributed by atoms with Crippen LogP contribution in [0.15, 0.2) is 30.3 Å². The number of carbonyl (C=O) groups excluding carboxylic acids is 4. The van der Waals surface area contributed by atoms with Crippen molar-refractivity contribution >= 4 is 42.2 Å². The molecule has 5 atom stereocenters. The number of nitrogens with two attached hydrogens (primary N) is 2. The highest BCUT2D eigenvalue weighted by Gasteiger charge is 2.32. The van der Waals surface area contributed by atoms with E-state index in [0.29, 0.717) is 5.56 Å². The molecule has 5 unspecified atom stereocenters. The Hall–Kier alpha value is -3.16. The lowest BCUT2D eigenvalue weighted by atomic mass is 10.1. The highest BCUT2D eigenvalue weighted by molar-refractivity contribution is 7.80. The summed E-state index contributed by atoms with van der Waals surface area (Å²) < 4.78 is 0. The summed E-state index contributed by atoms with van der Waals surface area (Å²) in [6, 6.07) is 3.52. The zero-order valence-corrected chi connectivity index (χ0v) is 19.5. The zero-order valence-electron chi connectivity index (χ0n) is 18.6. The van der Waals surface area contributed by atoms with E-state index in [-0.39, 0.29) is 25.0 Å². The number of carboxylic acid groups (broad SMARTS) is 1. The molecular formula is C21H31N5O7S. The van der Waals surface area contributed by atoms with E-state index in [1.807, 2.05) is 0 Å². The molecule has 0 aliphatic heterocycles. The van der Waals surface area contributed by atoms with Crippen molar-refractivity contribution in [2.24, 2.45) is 11.5 Å². The summed E-state index contributed by atoms with van der Waals surface area (Å²) in [6.07, 6.45) is -1.55. The van der Waals surface area contributed by atoms with E-state index in [4.69, 9.17) is 11.5 Å². The number of rotatable bonds is 14. The summed E-state index contributed by atoms with van der Waals surface area (Å²) in [5.74, 6) is -4.62. The normalized spacial score (nSPS) is 15.2. The molecule has 0 fully saturated rings. The van der Waals surface area contributed by atoms with Crippen LogP contribution >= 0.6 is 12.6 Å². The van der Waals surface area contributed by atoms with Gasteiger partial charge in [-0.15, -0.1) is 0 Å². The molecule has 0 saturated heterocycles. The van der Waals surface area contributed by atoms with Gasteiger partial charge in [-0.2, -0.15) is 12.6 Å². The summed E-state index contributed by atoms with van der Waals surface area (Å²) in [5.41, 5.74) is 11.4. The Morgan fingerprint density at radius 2 is 1.56 bits per heavy atom. The van der Waals surface area contributed by atoms with Crippen LogP contribution in [-0.4, -0.2) is 75.8 Å². The Bertz CT molecular complexity index is 868. The monoisotopic (exact) mass is 497 g/mol. The average Bonchev–Trinajstić information content (AvgIpc) is 2.78. The number of primary amides is 1. The van der Waals surface area contributed by atoms with Gasteiger partial charge in [0.25, 0.3) is 0 Å². The maximum atomic E-state index is 12.7. The molecule has 0 bridgehead atoms. The lowest BCUT2D eigenvalue weighted by Gasteiger charge is -2.25. The van der Waals surface area contributed by atoms with Crippen LogP contribution in [0.5, 0.6) is 0 Å². The van der Waals surface area contributed by atoms with Crippen molar-refractivity contribution in [3.8, 4) is 0 Å². The van der Waals surface area contributed by atoms with Crippen LogP contribution in [0.25, 0.3) is 0 Å². The van der Waals surface area contributed by atoms with Gasteiger partial charge < -0.3 is 37.6 Å². The van der Waals surface area contributed by atoms with Crippen LogP contribution in [0.2, 0.25) is 0 Å². The number of benzene rings is 1. The maximum absolute atomic E-state index is 12.7. The first-order valence-corrected chi connectivity index (χ1v) is 11.1. The molecule has 0 spiro atoms. The highest BCUT2D eigenvalue weighted by atomic mass is 32.1. The number of aliphatic carboxylic acids is 1. The minimum absolute atomic E-state index is 0.0186. The van der Waals surface area contributed by atoms with Crippen molar-refractivity contribution < 1.29 is 34.2 Å². The quantitative estimate of drug-likeness (QED) is 0.130. The first-order valence-electron chi connectivity index (χ1n) is 10.5. The predicted octanol–water partition coefficient (Wildman–Crippen LogP) is -2.33. The Kier molecular flexibility index (Phi) is 12.0. The van der Waals surface area contributed by atoms with Gasteiger partial charge in [-0.05, 0) is 18.9 Å². The fraction of sp³-hybridized carbons (Fsp3) is 0.476. The lowest BCUT2D eigenvalue weighted by molar-refractivity contribution is -0.142. The van der Waals surface area contributed by atoms with E-state index in [1.54, 1.807) is 30.3 Å². The highest BCUT2D eigenvalue weighted by Crippen LogP contribution is 2.05. The van der Waals surface area contributed by atoms with Gasteiger partial charge in [0, 0.05) is 18.6 Å². The predicted molar refractivity (Wildman–Crippen MR) is 126 cm³/mol. The molecule has 188 valence electrons. The van der Waals surface area contributed by atoms with Crippen molar-refractivity contribution in [1.82, 2.24) is 16.0 Å². The number of nitrogens with one attached hydrogen (secondary N) is 3. The van der Waals surface area contributed by atoms with E-state index >= 15 is 0 Å². The summed E-state index contributed by atoms with van der Waals surface area (Å²) >= 11 is 4.04. The van der Waals surface area contributed by atoms with E-state index in [0.717, 1.165) is 0 Å². The third-order valence-electron chi connectivity index (χ3n) is 4.81. The molecule has 12 nitrogen and oxygen atoms in total. The van der Waals surface area contributed by atoms with Gasteiger partial charge in [0.05, 0.1) is 12.1 Å². The summed E-state index contributed by atoms with van der Waals surface area (Å²) in [4.78, 5) is 60.0. The van der Waals surface area contributed by atoms with Gasteiger partial charge in [-0.1, -0.05) is 30.3 Å². The van der Waals surface area contributed by atoms with Crippen LogP contribution in [-0.2, 0) is 30.4 Å². The first-order chi connectivity index (χ1) is 16.0. The molecule has 0 radical (unpaired) electrons. The standard InChI is InChI=1S/C21H31N5O7S/c1-11(27)17(26-18(29)13(22)7-8-16(23)28)20(31)25-15(10-34)19(30)24-14(21(32)33)9-12-5-3-2-4-6-12/h2-6,11,13-15,17,27,34H,7-10,22H2,1H3,(H2,23,28)(H,24,30)(H,25,31)(H,26,29)(H,32,33). The van der Waals surface area contributed by atoms with Crippen molar-refractivity contribution in [3.05, 3.63) is 35.9 Å². The fourth-order valence-corrected chi connectivity index (χ4v) is 3.13. The molecule has 0 saturated carbocycles. The van der Waals surface area contributed by atoms with Gasteiger partial charge in [0.1, 0.15) is 18.1 Å². The number of amides is 4. The lowest BCUT2D eigenvalue weighted by Crippen LogP contribution is -2.60. The van der Waals surface area contributed by atoms with E-state index in [2.05, 4.69) is 28.6 Å². The first kappa shape index (κ1) is 28.9. The fourth-order valence-electron chi connectivity index (χ4n) is 2.87. The molecule has 9 N–H and O–H groups in total. The molecule has 0 heterocycles. The number of carbonyl (C=O) groups is 5. The van der Waals surface area contributed by atoms with Gasteiger partial charge >= 0.3 is 5.97 Å². The van der Waals surface area contributed by atoms with Gasteiger partial charge in [0.2, 0.25) is 23.6 Å². The van der Waals surface area contributed by atoms with Gasteiger partial charge in [-0.3, -0.25) is 19.2 Å². The van der Waals surface area contributed by atoms with Crippen molar-refractivity contribution in [2.45, 2.75) is 56.5 Å². The third-order valence-corrected chi connectivity index (χ3v) is 5.18. The largest absolute Gasteiger partial charge is 0.480 e. The molecule has 0 aliphatic carbocycles. The summed E-state index contributed by atoms with van der Waals surface area (Å²) in [6.45, 7) is 1.25. The molecule has 1 rings (SSSR count). The number of carboxylic acids is 1. The van der Waals surface area contributed by atoms with Crippen LogP contribution < -0.4 is 27.4 Å². The summed E-state index contributed by atoms with van der Waals surface area (Å²) in [7, 11) is 0. The molecule has 0 aliphatic rings. The molecule has 34 heavy (non-hydrogen) atoms. The van der Waals surface area contributed by atoms with Crippen LogP contribution in [0, 0.1) is 0 Å². The third kappa shape index (κ3) is 9.77.